The Hall–Kier alpha value is -2.29. The molecule has 1 unspecified atom stereocenters. The molecule has 0 spiro atoms. The van der Waals surface area contributed by atoms with Gasteiger partial charge in [0.15, 0.2) is 16.7 Å². The largest absolute Gasteiger partial charge is 0.461 e. The molecule has 0 bridgehead atoms. The van der Waals surface area contributed by atoms with Gasteiger partial charge in [-0.15, -0.1) is 10.2 Å². The zero-order valence-electron chi connectivity index (χ0n) is 16.0. The molecule has 29 heavy (non-hydrogen) atoms. The maximum atomic E-state index is 12.8. The Balaban J connectivity index is 1.39. The predicted octanol–water partition coefficient (Wildman–Crippen LogP) is 3.90. The molecule has 3 aromatic rings. The van der Waals surface area contributed by atoms with Gasteiger partial charge in [-0.3, -0.25) is 9.36 Å². The Morgan fingerprint density at radius 1 is 1.28 bits per heavy atom. The second-order valence-electron chi connectivity index (χ2n) is 6.57. The fourth-order valence-electron chi connectivity index (χ4n) is 3.24. The molecule has 9 heteroatoms. The van der Waals surface area contributed by atoms with Crippen LogP contribution in [0.25, 0.3) is 11.6 Å². The highest BCUT2D eigenvalue weighted by Gasteiger charge is 2.26. The summed E-state index contributed by atoms with van der Waals surface area (Å²) in [6.07, 6.45) is 1.47. The van der Waals surface area contributed by atoms with Crippen LogP contribution >= 0.6 is 23.4 Å². The van der Waals surface area contributed by atoms with Crippen LogP contribution in [0.1, 0.15) is 18.6 Å². The van der Waals surface area contributed by atoms with Crippen LogP contribution in [0.3, 0.4) is 0 Å². The minimum absolute atomic E-state index is 0.0578. The second-order valence-corrected chi connectivity index (χ2v) is 7.95. The fraction of sp³-hybridized carbons (Fsp3) is 0.350. The molecule has 0 N–H and O–H groups in total. The molecule has 1 aromatic carbocycles. The van der Waals surface area contributed by atoms with Crippen LogP contribution in [0.4, 0.5) is 0 Å². The molecular formula is C20H21ClN4O3S. The van der Waals surface area contributed by atoms with Gasteiger partial charge >= 0.3 is 0 Å². The van der Waals surface area contributed by atoms with Crippen molar-refractivity contribution < 1.29 is 13.9 Å². The Morgan fingerprint density at radius 2 is 2.10 bits per heavy atom. The predicted molar refractivity (Wildman–Crippen MR) is 111 cm³/mol. The van der Waals surface area contributed by atoms with E-state index in [4.69, 9.17) is 20.8 Å². The molecule has 1 amide bonds. The molecule has 1 saturated heterocycles. The monoisotopic (exact) mass is 432 g/mol. The molecule has 0 radical (unpaired) electrons. The summed E-state index contributed by atoms with van der Waals surface area (Å²) in [7, 11) is 0. The maximum absolute atomic E-state index is 12.8. The number of rotatable bonds is 6. The van der Waals surface area contributed by atoms with Crippen LogP contribution in [0.2, 0.25) is 5.02 Å². The van der Waals surface area contributed by atoms with Crippen LogP contribution in [-0.2, 0) is 16.1 Å². The number of ether oxygens (including phenoxy) is 1. The first-order valence-electron chi connectivity index (χ1n) is 9.40. The SMILES string of the molecule is CCn1c(SCC(=O)N2CCOC(c3ccc(Cl)cc3)C2)nnc1-c1ccco1. The number of hydrogen-bond donors (Lipinski definition) is 0. The first kappa shape index (κ1) is 20.0. The maximum Gasteiger partial charge on any atom is 0.233 e. The molecule has 1 aliphatic heterocycles. The smallest absolute Gasteiger partial charge is 0.233 e. The van der Waals surface area contributed by atoms with Crippen LogP contribution < -0.4 is 0 Å². The number of morpholine rings is 1. The van der Waals surface area contributed by atoms with Gasteiger partial charge in [0, 0.05) is 18.1 Å². The van der Waals surface area contributed by atoms with Crippen molar-refractivity contribution in [1.29, 1.82) is 0 Å². The zero-order valence-corrected chi connectivity index (χ0v) is 17.5. The summed E-state index contributed by atoms with van der Waals surface area (Å²) in [5, 5.41) is 9.85. The number of hydrogen-bond acceptors (Lipinski definition) is 6. The van der Waals surface area contributed by atoms with Crippen molar-refractivity contribution in [2.75, 3.05) is 25.4 Å². The van der Waals surface area contributed by atoms with Crippen molar-refractivity contribution in [3.05, 3.63) is 53.2 Å². The summed E-state index contributed by atoms with van der Waals surface area (Å²) in [6, 6.07) is 11.2. The van der Waals surface area contributed by atoms with Crippen LogP contribution in [0, 0.1) is 0 Å². The Kier molecular flexibility index (Phi) is 6.22. The van der Waals surface area contributed by atoms with Gasteiger partial charge in [-0.2, -0.15) is 0 Å². The van der Waals surface area contributed by atoms with Crippen LogP contribution in [0.15, 0.2) is 52.2 Å². The lowest BCUT2D eigenvalue weighted by Crippen LogP contribution is -2.43. The van der Waals surface area contributed by atoms with E-state index in [1.54, 1.807) is 6.26 Å². The highest BCUT2D eigenvalue weighted by atomic mass is 35.5. The summed E-state index contributed by atoms with van der Waals surface area (Å²) < 4.78 is 13.2. The van der Waals surface area contributed by atoms with Gasteiger partial charge < -0.3 is 14.1 Å². The molecule has 1 fully saturated rings. The zero-order chi connectivity index (χ0) is 20.2. The molecule has 4 rings (SSSR count). The second kappa shape index (κ2) is 9.02. The van der Waals surface area contributed by atoms with Gasteiger partial charge in [0.2, 0.25) is 5.91 Å². The van der Waals surface area contributed by atoms with Gasteiger partial charge in [-0.1, -0.05) is 35.5 Å². The van der Waals surface area contributed by atoms with Crippen molar-refractivity contribution in [2.24, 2.45) is 0 Å². The normalized spacial score (nSPS) is 16.9. The first-order chi connectivity index (χ1) is 14.2. The molecule has 1 aliphatic rings. The van der Waals surface area contributed by atoms with E-state index < -0.39 is 0 Å². The summed E-state index contributed by atoms with van der Waals surface area (Å²) in [4.78, 5) is 14.6. The highest BCUT2D eigenvalue weighted by molar-refractivity contribution is 7.99. The average molecular weight is 433 g/mol. The van der Waals surface area contributed by atoms with Crippen LogP contribution in [-0.4, -0.2) is 51.0 Å². The van der Waals surface area contributed by atoms with Crippen molar-refractivity contribution in [3.8, 4) is 11.6 Å². The van der Waals surface area contributed by atoms with Crippen LogP contribution in [0.5, 0.6) is 0 Å². The van der Waals surface area contributed by atoms with E-state index in [0.29, 0.717) is 53.8 Å². The van der Waals surface area contributed by atoms with Gasteiger partial charge in [0.05, 0.1) is 25.2 Å². The number of furan rings is 1. The lowest BCUT2D eigenvalue weighted by atomic mass is 10.1. The average Bonchev–Trinajstić information content (AvgIpc) is 3.42. The minimum atomic E-state index is -0.139. The molecule has 7 nitrogen and oxygen atoms in total. The van der Waals surface area contributed by atoms with Gasteiger partial charge in [0.1, 0.15) is 6.10 Å². The third-order valence-electron chi connectivity index (χ3n) is 4.76. The Morgan fingerprint density at radius 3 is 2.83 bits per heavy atom. The molecule has 0 aliphatic carbocycles. The number of nitrogens with zero attached hydrogens (tertiary/aromatic N) is 4. The number of amides is 1. The van der Waals surface area contributed by atoms with Crippen molar-refractivity contribution in [2.45, 2.75) is 24.7 Å². The summed E-state index contributed by atoms with van der Waals surface area (Å²) in [5.41, 5.74) is 1.02. The van der Waals surface area contributed by atoms with E-state index in [-0.39, 0.29) is 12.0 Å². The molecule has 1 atom stereocenters. The van der Waals surface area contributed by atoms with Gasteiger partial charge in [0.25, 0.3) is 0 Å². The van der Waals surface area contributed by atoms with Gasteiger partial charge in [-0.05, 0) is 36.8 Å². The number of benzene rings is 1. The molecule has 152 valence electrons. The van der Waals surface area contributed by atoms with E-state index in [0.717, 1.165) is 5.56 Å². The summed E-state index contributed by atoms with van der Waals surface area (Å²) >= 11 is 7.35. The molecular weight excluding hydrogens is 412 g/mol. The number of aromatic nitrogens is 3. The van der Waals surface area contributed by atoms with Gasteiger partial charge in [-0.25, -0.2) is 0 Å². The van der Waals surface area contributed by atoms with E-state index in [1.807, 2.05) is 52.8 Å². The number of halogens is 1. The summed E-state index contributed by atoms with van der Waals surface area (Å²) in [6.45, 7) is 4.33. The first-order valence-corrected chi connectivity index (χ1v) is 10.8. The third-order valence-corrected chi connectivity index (χ3v) is 5.96. The highest BCUT2D eigenvalue weighted by Crippen LogP contribution is 2.26. The summed E-state index contributed by atoms with van der Waals surface area (Å²) in [5.74, 6) is 1.68. The van der Waals surface area contributed by atoms with E-state index in [2.05, 4.69) is 10.2 Å². The van der Waals surface area contributed by atoms with Crippen molar-refractivity contribution in [1.82, 2.24) is 19.7 Å². The molecule has 2 aromatic heterocycles. The topological polar surface area (TPSA) is 73.4 Å². The fourth-order valence-corrected chi connectivity index (χ4v) is 4.27. The standard InChI is InChI=1S/C20H21ClN4O3S/c1-2-25-19(16-4-3-10-27-16)22-23-20(25)29-13-18(26)24-9-11-28-17(12-24)14-5-7-15(21)8-6-14/h3-8,10,17H,2,9,11-13H2,1H3. The minimum Gasteiger partial charge on any atom is -0.461 e. The van der Waals surface area contributed by atoms with E-state index in [1.165, 1.54) is 11.8 Å². The van der Waals surface area contributed by atoms with E-state index in [9.17, 15) is 4.79 Å². The Labute approximate surface area is 178 Å². The number of carbonyl (C=O) groups excluding carboxylic acids is 1. The lowest BCUT2D eigenvalue weighted by molar-refractivity contribution is -0.136. The van der Waals surface area contributed by atoms with Crippen molar-refractivity contribution in [3.63, 3.8) is 0 Å². The van der Waals surface area contributed by atoms with Crippen molar-refractivity contribution >= 4 is 29.3 Å². The lowest BCUT2D eigenvalue weighted by Gasteiger charge is -2.33. The quantitative estimate of drug-likeness (QED) is 0.550. The number of carbonyl (C=O) groups is 1. The third kappa shape index (κ3) is 4.49. The molecule has 0 saturated carbocycles. The Bertz CT molecular complexity index is 959. The molecule has 3 heterocycles. The van der Waals surface area contributed by atoms with E-state index >= 15 is 0 Å². The number of thioether (sulfide) groups is 1.